The van der Waals surface area contributed by atoms with E-state index in [0.717, 1.165) is 33.1 Å². The Morgan fingerprint density at radius 3 is 1.29 bits per heavy atom. The molecule has 0 saturated carbocycles. The van der Waals surface area contributed by atoms with E-state index in [1.807, 2.05) is 23.5 Å². The lowest BCUT2D eigenvalue weighted by Crippen LogP contribution is -2.03. The van der Waals surface area contributed by atoms with Crippen molar-refractivity contribution in [2.45, 2.75) is 5.92 Å². The van der Waals surface area contributed by atoms with Gasteiger partial charge in [-0.1, -0.05) is 224 Å². The highest BCUT2D eigenvalue weighted by Gasteiger charge is 2.19. The number of para-hydroxylation sites is 2. The number of furan rings is 1. The Bertz CT molecular complexity index is 3360. The molecular formula is C61H40OS. The normalized spacial score (nSPS) is 12.1. The lowest BCUT2D eigenvalue weighted by atomic mass is 9.83. The summed E-state index contributed by atoms with van der Waals surface area (Å²) in [5.41, 5.74) is 17.6. The quantitative estimate of drug-likeness (QED) is 0.139. The number of benzene rings is 10. The molecule has 0 bridgehead atoms. The summed E-state index contributed by atoms with van der Waals surface area (Å²) < 4.78 is 9.04. The minimum absolute atomic E-state index is 0.0637. The second-order valence-electron chi connectivity index (χ2n) is 16.4. The molecule has 0 spiro atoms. The SMILES string of the molecule is c1ccc(-c2ccc(C(c3ccc(-c4ccc(-c5cccc6c5oc5ccccc56)cc4)cc3)c3ccc(-c4ccc(-c5cccc6c5sc5ccccc56)cc4)cc3)cc2)cc1. The van der Waals surface area contributed by atoms with Crippen molar-refractivity contribution < 1.29 is 4.42 Å². The summed E-state index contributed by atoms with van der Waals surface area (Å²) in [5, 5.41) is 4.95. The third kappa shape index (κ3) is 6.73. The van der Waals surface area contributed by atoms with E-state index in [1.165, 1.54) is 81.4 Å². The topological polar surface area (TPSA) is 13.1 Å². The maximum absolute atomic E-state index is 6.36. The van der Waals surface area contributed by atoms with Gasteiger partial charge in [-0.25, -0.2) is 0 Å². The third-order valence-corrected chi connectivity index (χ3v) is 13.9. The van der Waals surface area contributed by atoms with Crippen LogP contribution in [-0.2, 0) is 0 Å². The summed E-state index contributed by atoms with van der Waals surface area (Å²) in [6, 6.07) is 86.1. The third-order valence-electron chi connectivity index (χ3n) is 12.7. The molecule has 63 heavy (non-hydrogen) atoms. The lowest BCUT2D eigenvalue weighted by molar-refractivity contribution is 0.670. The van der Waals surface area contributed by atoms with Crippen LogP contribution < -0.4 is 0 Å². The molecule has 1 atom stereocenters. The molecule has 0 fully saturated rings. The first-order chi connectivity index (χ1) is 31.2. The van der Waals surface area contributed by atoms with Gasteiger partial charge in [0.25, 0.3) is 0 Å². The highest BCUT2D eigenvalue weighted by molar-refractivity contribution is 7.26. The lowest BCUT2D eigenvalue weighted by Gasteiger charge is -2.20. The molecule has 10 aromatic carbocycles. The van der Waals surface area contributed by atoms with Crippen LogP contribution in [-0.4, -0.2) is 0 Å². The molecule has 296 valence electrons. The second-order valence-corrected chi connectivity index (χ2v) is 17.4. The standard InChI is InChI=1S/C61H40OS/c1-2-10-40(11-3-1)41-24-34-48(35-25-41)59(49-36-26-44(27-37-49)42-20-30-46(31-21-42)51-14-8-16-55-53-12-4-6-18-57(53)62-60(51)55)50-38-28-45(29-39-50)43-22-32-47(33-23-43)52-15-9-17-56-54-13-5-7-19-58(54)63-61(52)56/h1-39,59H. The second kappa shape index (κ2) is 15.6. The predicted molar refractivity (Wildman–Crippen MR) is 268 cm³/mol. The van der Waals surface area contributed by atoms with Crippen molar-refractivity contribution in [3.05, 3.63) is 253 Å². The highest BCUT2D eigenvalue weighted by atomic mass is 32.1. The summed E-state index contributed by atoms with van der Waals surface area (Å²) in [5.74, 6) is 0.0637. The smallest absolute Gasteiger partial charge is 0.143 e. The van der Waals surface area contributed by atoms with Gasteiger partial charge in [-0.15, -0.1) is 11.3 Å². The van der Waals surface area contributed by atoms with Crippen molar-refractivity contribution >= 4 is 53.4 Å². The molecule has 12 aromatic rings. The Morgan fingerprint density at radius 2 is 0.698 bits per heavy atom. The van der Waals surface area contributed by atoms with Crippen LogP contribution in [0.1, 0.15) is 22.6 Å². The van der Waals surface area contributed by atoms with Crippen LogP contribution in [0.5, 0.6) is 0 Å². The number of thiophene rings is 1. The van der Waals surface area contributed by atoms with Crippen LogP contribution in [0, 0.1) is 0 Å². The fourth-order valence-corrected chi connectivity index (χ4v) is 10.7. The van der Waals surface area contributed by atoms with E-state index in [0.29, 0.717) is 0 Å². The van der Waals surface area contributed by atoms with Crippen molar-refractivity contribution in [2.24, 2.45) is 0 Å². The summed E-state index contributed by atoms with van der Waals surface area (Å²) >= 11 is 1.88. The van der Waals surface area contributed by atoms with Gasteiger partial charge in [0.15, 0.2) is 0 Å². The first-order valence-corrected chi connectivity index (χ1v) is 22.4. The summed E-state index contributed by atoms with van der Waals surface area (Å²) in [6.45, 7) is 0. The van der Waals surface area contributed by atoms with Gasteiger partial charge < -0.3 is 4.42 Å². The van der Waals surface area contributed by atoms with Gasteiger partial charge in [0.1, 0.15) is 11.2 Å². The van der Waals surface area contributed by atoms with Crippen molar-refractivity contribution in [1.29, 1.82) is 0 Å². The Hall–Kier alpha value is -7.78. The van der Waals surface area contributed by atoms with Crippen molar-refractivity contribution in [2.75, 3.05) is 0 Å². The molecule has 0 saturated heterocycles. The van der Waals surface area contributed by atoms with E-state index < -0.39 is 0 Å². The molecule has 0 amide bonds. The minimum atomic E-state index is 0.0637. The van der Waals surface area contributed by atoms with E-state index in [-0.39, 0.29) is 5.92 Å². The van der Waals surface area contributed by atoms with Crippen LogP contribution in [0.4, 0.5) is 0 Å². The predicted octanol–water partition coefficient (Wildman–Crippen LogP) is 17.5. The number of rotatable bonds is 8. The first-order valence-electron chi connectivity index (χ1n) is 21.6. The zero-order chi connectivity index (χ0) is 41.7. The maximum atomic E-state index is 6.36. The van der Waals surface area contributed by atoms with Gasteiger partial charge in [0.05, 0.1) is 0 Å². The van der Waals surface area contributed by atoms with E-state index in [9.17, 15) is 0 Å². The zero-order valence-corrected chi connectivity index (χ0v) is 35.2. The van der Waals surface area contributed by atoms with E-state index in [1.54, 1.807) is 0 Å². The number of hydrogen-bond donors (Lipinski definition) is 0. The molecule has 0 aliphatic carbocycles. The fourth-order valence-electron chi connectivity index (χ4n) is 9.45. The van der Waals surface area contributed by atoms with Crippen LogP contribution in [0.25, 0.3) is 97.7 Å². The van der Waals surface area contributed by atoms with Crippen molar-refractivity contribution in [1.82, 2.24) is 0 Å². The van der Waals surface area contributed by atoms with E-state index in [4.69, 9.17) is 4.42 Å². The van der Waals surface area contributed by atoms with Gasteiger partial charge >= 0.3 is 0 Å². The Morgan fingerprint density at radius 1 is 0.286 bits per heavy atom. The number of hydrogen-bond acceptors (Lipinski definition) is 2. The Labute approximate surface area is 370 Å². The summed E-state index contributed by atoms with van der Waals surface area (Å²) in [4.78, 5) is 0. The highest BCUT2D eigenvalue weighted by Crippen LogP contribution is 2.41. The molecule has 2 aromatic heterocycles. The molecule has 12 rings (SSSR count). The molecule has 1 unspecified atom stereocenters. The fraction of sp³-hybridized carbons (Fsp3) is 0.0164. The largest absolute Gasteiger partial charge is 0.455 e. The van der Waals surface area contributed by atoms with Crippen LogP contribution in [0.15, 0.2) is 241 Å². The van der Waals surface area contributed by atoms with E-state index >= 15 is 0 Å². The van der Waals surface area contributed by atoms with Crippen LogP contribution >= 0.6 is 11.3 Å². The number of fused-ring (bicyclic) bond motifs is 6. The van der Waals surface area contributed by atoms with Crippen LogP contribution in [0.2, 0.25) is 0 Å². The summed E-state index contributed by atoms with van der Waals surface area (Å²) in [7, 11) is 0. The van der Waals surface area contributed by atoms with Gasteiger partial charge in [-0.05, 0) is 78.9 Å². The zero-order valence-electron chi connectivity index (χ0n) is 34.4. The van der Waals surface area contributed by atoms with Gasteiger partial charge in [-0.3, -0.25) is 0 Å². The average molecular weight is 821 g/mol. The first kappa shape index (κ1) is 37.0. The van der Waals surface area contributed by atoms with Gasteiger partial charge in [0, 0.05) is 42.4 Å². The molecule has 0 N–H and O–H groups in total. The minimum Gasteiger partial charge on any atom is -0.455 e. The molecule has 2 heterocycles. The monoisotopic (exact) mass is 820 g/mol. The Balaban J connectivity index is 0.847. The maximum Gasteiger partial charge on any atom is 0.143 e. The van der Waals surface area contributed by atoms with Crippen LogP contribution in [0.3, 0.4) is 0 Å². The molecular weight excluding hydrogens is 781 g/mol. The average Bonchev–Trinajstić information content (AvgIpc) is 3.94. The molecule has 0 aliphatic rings. The van der Waals surface area contributed by atoms with Gasteiger partial charge in [-0.2, -0.15) is 0 Å². The molecule has 2 heteroatoms. The summed E-state index contributed by atoms with van der Waals surface area (Å²) in [6.07, 6.45) is 0. The Kier molecular flexibility index (Phi) is 9.17. The molecule has 0 aliphatic heterocycles. The molecule has 0 radical (unpaired) electrons. The molecule has 1 nitrogen and oxygen atoms in total. The van der Waals surface area contributed by atoms with E-state index in [2.05, 4.69) is 224 Å². The van der Waals surface area contributed by atoms with Gasteiger partial charge in [0.2, 0.25) is 0 Å². The van der Waals surface area contributed by atoms with Crippen molar-refractivity contribution in [3.63, 3.8) is 0 Å². The van der Waals surface area contributed by atoms with Crippen molar-refractivity contribution in [3.8, 4) is 55.6 Å².